The molecule has 166 valence electrons. The zero-order valence-electron chi connectivity index (χ0n) is 18.3. The van der Waals surface area contributed by atoms with Gasteiger partial charge < -0.3 is 19.4 Å². The van der Waals surface area contributed by atoms with Crippen LogP contribution in [0, 0.1) is 12.7 Å². The van der Waals surface area contributed by atoms with Crippen molar-refractivity contribution in [1.82, 2.24) is 19.3 Å². The van der Waals surface area contributed by atoms with Crippen LogP contribution in [0.15, 0.2) is 42.6 Å². The number of pyridine rings is 1. The quantitative estimate of drug-likeness (QED) is 0.443. The Balaban J connectivity index is 1.52. The van der Waals surface area contributed by atoms with Crippen LogP contribution in [0.2, 0.25) is 0 Å². The van der Waals surface area contributed by atoms with Crippen LogP contribution >= 0.6 is 0 Å². The van der Waals surface area contributed by atoms with Crippen molar-refractivity contribution in [3.05, 3.63) is 59.8 Å². The number of ether oxygens (including phenoxy) is 2. The molecule has 0 aliphatic heterocycles. The van der Waals surface area contributed by atoms with Crippen LogP contribution in [-0.4, -0.2) is 46.1 Å². The molecule has 1 aromatic carbocycles. The summed E-state index contributed by atoms with van der Waals surface area (Å²) in [5.41, 5.74) is 3.85. The number of hydrogen-bond acceptors (Lipinski definition) is 6. The summed E-state index contributed by atoms with van der Waals surface area (Å²) in [7, 11) is 4.59. The summed E-state index contributed by atoms with van der Waals surface area (Å²) in [4.78, 5) is 16.2. The predicted octanol–water partition coefficient (Wildman–Crippen LogP) is 3.79. The van der Waals surface area contributed by atoms with Gasteiger partial charge in [-0.25, -0.2) is 9.18 Å². The van der Waals surface area contributed by atoms with Crippen molar-refractivity contribution in [2.45, 2.75) is 13.5 Å². The Kier molecular flexibility index (Phi) is 5.81. The Morgan fingerprint density at radius 1 is 1.16 bits per heavy atom. The fraction of sp³-hybridized carbons (Fsp3) is 0.261. The highest BCUT2D eigenvalue weighted by Gasteiger charge is 2.16. The van der Waals surface area contributed by atoms with Crippen molar-refractivity contribution in [3.63, 3.8) is 0 Å². The molecule has 4 rings (SSSR count). The normalized spacial score (nSPS) is 11.0. The number of nitrogens with zero attached hydrogens (tertiary/aromatic N) is 4. The van der Waals surface area contributed by atoms with Crippen molar-refractivity contribution < 1.29 is 18.7 Å². The first-order valence-corrected chi connectivity index (χ1v) is 10.1. The Morgan fingerprint density at radius 2 is 1.97 bits per heavy atom. The summed E-state index contributed by atoms with van der Waals surface area (Å²) >= 11 is 0. The number of benzene rings is 1. The van der Waals surface area contributed by atoms with E-state index >= 15 is 0 Å². The Labute approximate surface area is 184 Å². The average molecular weight is 437 g/mol. The molecule has 3 heterocycles. The van der Waals surface area contributed by atoms with Gasteiger partial charge in [-0.3, -0.25) is 9.67 Å². The molecule has 4 aromatic rings. The zero-order chi connectivity index (χ0) is 22.8. The Bertz CT molecular complexity index is 1290. The Hall–Kier alpha value is -3.88. The van der Waals surface area contributed by atoms with E-state index in [1.807, 2.05) is 29.7 Å². The minimum absolute atomic E-state index is 0.281. The number of aryl methyl sites for hydroxylation is 2. The van der Waals surface area contributed by atoms with Crippen LogP contribution in [0.25, 0.3) is 22.3 Å². The molecule has 0 atom stereocenters. The number of hydrogen-bond donors (Lipinski definition) is 1. The van der Waals surface area contributed by atoms with Crippen LogP contribution < -0.4 is 10.1 Å². The molecular weight excluding hydrogens is 413 g/mol. The number of methoxy groups -OCH3 is 2. The lowest BCUT2D eigenvalue weighted by Gasteiger charge is -2.12. The minimum atomic E-state index is -0.460. The molecule has 9 heteroatoms. The summed E-state index contributed by atoms with van der Waals surface area (Å²) in [5.74, 6) is -0.0907. The van der Waals surface area contributed by atoms with E-state index in [1.165, 1.54) is 17.9 Å². The molecule has 8 nitrogen and oxygen atoms in total. The first kappa shape index (κ1) is 21.4. The van der Waals surface area contributed by atoms with Gasteiger partial charge in [0.2, 0.25) is 0 Å². The zero-order valence-corrected chi connectivity index (χ0v) is 18.3. The van der Waals surface area contributed by atoms with Crippen molar-refractivity contribution in [1.29, 1.82) is 0 Å². The van der Waals surface area contributed by atoms with E-state index < -0.39 is 5.97 Å². The molecular formula is C23H24FN5O3. The molecule has 0 bridgehead atoms. The lowest BCUT2D eigenvalue weighted by molar-refractivity contribution is 0.0588. The maximum Gasteiger partial charge on any atom is 0.356 e. The van der Waals surface area contributed by atoms with Crippen LogP contribution in [0.1, 0.15) is 16.2 Å². The number of halogens is 1. The van der Waals surface area contributed by atoms with Gasteiger partial charge in [0.1, 0.15) is 23.0 Å². The maximum atomic E-state index is 14.5. The second kappa shape index (κ2) is 8.70. The monoisotopic (exact) mass is 437 g/mol. The highest BCUT2D eigenvalue weighted by Crippen LogP contribution is 2.30. The first-order chi connectivity index (χ1) is 15.4. The smallest absolute Gasteiger partial charge is 0.356 e. The van der Waals surface area contributed by atoms with E-state index in [9.17, 15) is 9.18 Å². The second-order valence-corrected chi connectivity index (χ2v) is 7.34. The van der Waals surface area contributed by atoms with Gasteiger partial charge in [0.05, 0.1) is 25.4 Å². The fourth-order valence-electron chi connectivity index (χ4n) is 3.79. The van der Waals surface area contributed by atoms with Crippen molar-refractivity contribution >= 4 is 22.6 Å². The molecule has 3 aromatic heterocycles. The largest absolute Gasteiger partial charge is 0.496 e. The number of carbonyl (C=O) groups excluding carboxylic acids is 1. The van der Waals surface area contributed by atoms with E-state index in [4.69, 9.17) is 9.47 Å². The topological polar surface area (TPSA) is 83.2 Å². The predicted molar refractivity (Wildman–Crippen MR) is 119 cm³/mol. The molecule has 0 spiro atoms. The van der Waals surface area contributed by atoms with E-state index in [0.717, 1.165) is 16.8 Å². The number of aromatic nitrogens is 4. The van der Waals surface area contributed by atoms with Crippen LogP contribution in [0.4, 0.5) is 10.1 Å². The maximum absolute atomic E-state index is 14.5. The van der Waals surface area contributed by atoms with Crippen molar-refractivity contribution in [2.75, 3.05) is 26.1 Å². The van der Waals surface area contributed by atoms with Gasteiger partial charge in [-0.15, -0.1) is 0 Å². The van der Waals surface area contributed by atoms with Crippen molar-refractivity contribution in [2.24, 2.45) is 7.05 Å². The summed E-state index contributed by atoms with van der Waals surface area (Å²) in [6, 6.07) is 10.3. The van der Waals surface area contributed by atoms with Crippen LogP contribution in [-0.2, 0) is 18.3 Å². The molecule has 0 fully saturated rings. The van der Waals surface area contributed by atoms with E-state index in [0.29, 0.717) is 41.4 Å². The average Bonchev–Trinajstić information content (AvgIpc) is 3.34. The second-order valence-electron chi connectivity index (χ2n) is 7.34. The summed E-state index contributed by atoms with van der Waals surface area (Å²) in [5, 5.41) is 8.46. The summed E-state index contributed by atoms with van der Waals surface area (Å²) < 4.78 is 28.1. The molecule has 0 amide bonds. The SMILES string of the molecule is COC(=O)c1cc(-c2cc(NCCn3c(C)cc4c(OC)ccc(F)c43)ccn2)nn1C. The van der Waals surface area contributed by atoms with Gasteiger partial charge in [-0.1, -0.05) is 0 Å². The highest BCUT2D eigenvalue weighted by atomic mass is 19.1. The molecule has 0 saturated carbocycles. The van der Waals surface area contributed by atoms with E-state index in [1.54, 1.807) is 32.5 Å². The number of anilines is 1. The van der Waals surface area contributed by atoms with Gasteiger partial charge >= 0.3 is 5.97 Å². The highest BCUT2D eigenvalue weighted by molar-refractivity contribution is 5.89. The molecule has 1 N–H and O–H groups in total. The lowest BCUT2D eigenvalue weighted by atomic mass is 10.2. The van der Waals surface area contributed by atoms with E-state index in [2.05, 4.69) is 15.4 Å². The number of fused-ring (bicyclic) bond motifs is 1. The number of esters is 1. The summed E-state index contributed by atoms with van der Waals surface area (Å²) in [6.07, 6.45) is 1.67. The van der Waals surface area contributed by atoms with E-state index in [-0.39, 0.29) is 5.82 Å². The van der Waals surface area contributed by atoms with Crippen molar-refractivity contribution in [3.8, 4) is 17.1 Å². The number of nitrogens with one attached hydrogen (secondary N) is 1. The number of carbonyl (C=O) groups is 1. The molecule has 0 aliphatic rings. The fourth-order valence-corrected chi connectivity index (χ4v) is 3.79. The first-order valence-electron chi connectivity index (χ1n) is 10.1. The van der Waals surface area contributed by atoms with Gasteiger partial charge in [0.15, 0.2) is 0 Å². The minimum Gasteiger partial charge on any atom is -0.496 e. The molecule has 0 radical (unpaired) electrons. The third kappa shape index (κ3) is 3.89. The molecule has 32 heavy (non-hydrogen) atoms. The molecule has 0 aliphatic carbocycles. The summed E-state index contributed by atoms with van der Waals surface area (Å²) in [6.45, 7) is 3.08. The van der Waals surface area contributed by atoms with Gasteiger partial charge in [0, 0.05) is 49.2 Å². The van der Waals surface area contributed by atoms with Crippen LogP contribution in [0.5, 0.6) is 5.75 Å². The third-order valence-corrected chi connectivity index (χ3v) is 5.36. The molecule has 0 unspecified atom stereocenters. The van der Waals surface area contributed by atoms with Gasteiger partial charge in [-0.2, -0.15) is 5.10 Å². The van der Waals surface area contributed by atoms with Gasteiger partial charge in [0.25, 0.3) is 0 Å². The van der Waals surface area contributed by atoms with Crippen LogP contribution in [0.3, 0.4) is 0 Å². The lowest BCUT2D eigenvalue weighted by Crippen LogP contribution is -2.12. The van der Waals surface area contributed by atoms with Gasteiger partial charge in [-0.05, 0) is 37.3 Å². The molecule has 0 saturated heterocycles. The number of rotatable bonds is 7. The Morgan fingerprint density at radius 3 is 2.72 bits per heavy atom. The third-order valence-electron chi connectivity index (χ3n) is 5.36. The standard InChI is InChI=1S/C23H24FN5O3/c1-14-11-16-21(31-3)6-5-17(24)22(16)29(14)10-9-25-15-7-8-26-18(12-15)19-13-20(23(30)32-4)28(2)27-19/h5-8,11-13H,9-10H2,1-4H3,(H,25,26).